The molecule has 0 saturated carbocycles. The molecule has 0 aliphatic heterocycles. The van der Waals surface area contributed by atoms with E-state index >= 15 is 0 Å². The monoisotopic (exact) mass is 278 g/mol. The van der Waals surface area contributed by atoms with E-state index in [0.29, 0.717) is 17.8 Å². The van der Waals surface area contributed by atoms with Gasteiger partial charge in [-0.05, 0) is 17.7 Å². The van der Waals surface area contributed by atoms with Crippen LogP contribution in [0.15, 0.2) is 54.6 Å². The summed E-state index contributed by atoms with van der Waals surface area (Å²) in [6.45, 7) is 0.430. The number of nitrogens with zero attached hydrogens (tertiary/aromatic N) is 4. The van der Waals surface area contributed by atoms with Crippen molar-refractivity contribution in [1.29, 1.82) is 5.26 Å². The normalized spacial score (nSPS) is 10.3. The Kier molecular flexibility index (Phi) is 3.44. The van der Waals surface area contributed by atoms with Gasteiger partial charge in [0.05, 0.1) is 6.54 Å². The minimum absolute atomic E-state index is 0.121. The van der Waals surface area contributed by atoms with E-state index in [1.54, 1.807) is 22.9 Å². The molecule has 3 aromatic rings. The molecule has 0 spiro atoms. The second kappa shape index (κ2) is 5.55. The minimum atomic E-state index is -0.398. The Morgan fingerprint density at radius 2 is 1.76 bits per heavy atom. The Balaban J connectivity index is 2.10. The summed E-state index contributed by atoms with van der Waals surface area (Å²) in [6, 6.07) is 17.9. The van der Waals surface area contributed by atoms with Crippen molar-refractivity contribution in [1.82, 2.24) is 15.0 Å². The molecule has 0 saturated heterocycles. The molecule has 0 unspecified atom stereocenters. The fourth-order valence-electron chi connectivity index (χ4n) is 2.18. The summed E-state index contributed by atoms with van der Waals surface area (Å²) in [5.41, 5.74) is 1.86. The van der Waals surface area contributed by atoms with Crippen LogP contribution in [-0.4, -0.2) is 15.0 Å². The van der Waals surface area contributed by atoms with Gasteiger partial charge in [0.1, 0.15) is 17.6 Å². The molecular formula is C16H11FN4. The van der Waals surface area contributed by atoms with E-state index in [1.807, 2.05) is 36.4 Å². The maximum absolute atomic E-state index is 14.0. The van der Waals surface area contributed by atoms with Gasteiger partial charge in [-0.25, -0.2) is 9.07 Å². The molecule has 1 aromatic heterocycles. The van der Waals surface area contributed by atoms with Crippen LogP contribution >= 0.6 is 0 Å². The van der Waals surface area contributed by atoms with Crippen LogP contribution in [0.3, 0.4) is 0 Å². The van der Waals surface area contributed by atoms with Gasteiger partial charge in [-0.2, -0.15) is 5.26 Å². The second-order valence-corrected chi connectivity index (χ2v) is 4.52. The number of rotatable bonds is 3. The van der Waals surface area contributed by atoms with E-state index in [0.717, 1.165) is 5.56 Å². The van der Waals surface area contributed by atoms with Crippen molar-refractivity contribution < 1.29 is 4.39 Å². The first-order chi connectivity index (χ1) is 10.3. The quantitative estimate of drug-likeness (QED) is 0.740. The first-order valence-corrected chi connectivity index (χ1v) is 6.42. The zero-order valence-corrected chi connectivity index (χ0v) is 11.1. The van der Waals surface area contributed by atoms with Gasteiger partial charge < -0.3 is 0 Å². The smallest absolute Gasteiger partial charge is 0.190 e. The average Bonchev–Trinajstić information content (AvgIpc) is 2.91. The van der Waals surface area contributed by atoms with Crippen molar-refractivity contribution in [2.45, 2.75) is 6.54 Å². The maximum atomic E-state index is 14.0. The fraction of sp³-hybridized carbons (Fsp3) is 0.0625. The van der Waals surface area contributed by atoms with E-state index in [4.69, 9.17) is 5.26 Å². The zero-order chi connectivity index (χ0) is 14.7. The van der Waals surface area contributed by atoms with Crippen LogP contribution in [0.1, 0.15) is 11.3 Å². The van der Waals surface area contributed by atoms with Gasteiger partial charge in [-0.1, -0.05) is 47.7 Å². The molecule has 0 bridgehead atoms. The van der Waals surface area contributed by atoms with Crippen LogP contribution in [0.5, 0.6) is 0 Å². The third-order valence-electron chi connectivity index (χ3n) is 3.15. The van der Waals surface area contributed by atoms with Crippen molar-refractivity contribution >= 4 is 0 Å². The number of halogens is 1. The van der Waals surface area contributed by atoms with E-state index in [-0.39, 0.29) is 5.69 Å². The highest BCUT2D eigenvalue weighted by molar-refractivity contribution is 5.65. The number of benzene rings is 2. The van der Waals surface area contributed by atoms with E-state index in [2.05, 4.69) is 10.3 Å². The van der Waals surface area contributed by atoms with Crippen molar-refractivity contribution in [2.75, 3.05) is 0 Å². The number of hydrogen-bond donors (Lipinski definition) is 0. The van der Waals surface area contributed by atoms with Gasteiger partial charge in [-0.15, -0.1) is 5.10 Å². The molecular weight excluding hydrogens is 267 g/mol. The third kappa shape index (κ3) is 2.51. The predicted molar refractivity (Wildman–Crippen MR) is 75.7 cm³/mol. The lowest BCUT2D eigenvalue weighted by Crippen LogP contribution is -2.05. The van der Waals surface area contributed by atoms with Gasteiger partial charge in [0.2, 0.25) is 0 Å². The Bertz CT molecular complexity index is 803. The van der Waals surface area contributed by atoms with Gasteiger partial charge in [0.15, 0.2) is 5.69 Å². The standard InChI is InChI=1S/C16H11FN4/c17-14-9-5-4-8-13(14)16-15(10-18)19-20-21(16)11-12-6-2-1-3-7-12/h1-9H,11H2. The molecule has 0 aliphatic rings. The van der Waals surface area contributed by atoms with E-state index in [1.165, 1.54) is 6.07 Å². The van der Waals surface area contributed by atoms with Gasteiger partial charge in [-0.3, -0.25) is 0 Å². The maximum Gasteiger partial charge on any atom is 0.190 e. The largest absolute Gasteiger partial charge is 0.239 e. The Morgan fingerprint density at radius 1 is 1.05 bits per heavy atom. The predicted octanol–water partition coefficient (Wildman–Crippen LogP) is 3.00. The highest BCUT2D eigenvalue weighted by Gasteiger charge is 2.17. The van der Waals surface area contributed by atoms with Crippen molar-refractivity contribution in [3.63, 3.8) is 0 Å². The van der Waals surface area contributed by atoms with Crippen molar-refractivity contribution in [3.05, 3.63) is 71.7 Å². The van der Waals surface area contributed by atoms with Gasteiger partial charge in [0, 0.05) is 5.56 Å². The molecule has 21 heavy (non-hydrogen) atoms. The first kappa shape index (κ1) is 13.0. The zero-order valence-electron chi connectivity index (χ0n) is 11.1. The molecule has 0 atom stereocenters. The van der Waals surface area contributed by atoms with Crippen LogP contribution < -0.4 is 0 Å². The van der Waals surface area contributed by atoms with E-state index in [9.17, 15) is 4.39 Å². The molecule has 0 fully saturated rings. The fourth-order valence-corrected chi connectivity index (χ4v) is 2.18. The summed E-state index contributed by atoms with van der Waals surface area (Å²) in [4.78, 5) is 0. The lowest BCUT2D eigenvalue weighted by Gasteiger charge is -2.07. The molecule has 5 heteroatoms. The second-order valence-electron chi connectivity index (χ2n) is 4.52. The van der Waals surface area contributed by atoms with Gasteiger partial charge >= 0.3 is 0 Å². The Labute approximate surface area is 121 Å². The molecule has 0 radical (unpaired) electrons. The molecule has 2 aromatic carbocycles. The van der Waals surface area contributed by atoms with Crippen LogP contribution in [-0.2, 0) is 6.54 Å². The summed E-state index contributed by atoms with van der Waals surface area (Å²) in [5.74, 6) is -0.398. The summed E-state index contributed by atoms with van der Waals surface area (Å²) in [6.07, 6.45) is 0. The Hall–Kier alpha value is -3.00. The highest BCUT2D eigenvalue weighted by Crippen LogP contribution is 2.25. The molecule has 4 nitrogen and oxygen atoms in total. The summed E-state index contributed by atoms with van der Waals surface area (Å²) >= 11 is 0. The third-order valence-corrected chi connectivity index (χ3v) is 3.15. The molecule has 0 N–H and O–H groups in total. The summed E-state index contributed by atoms with van der Waals surface area (Å²) in [5, 5.41) is 17.0. The lowest BCUT2D eigenvalue weighted by atomic mass is 10.1. The molecule has 0 amide bonds. The van der Waals surface area contributed by atoms with Gasteiger partial charge in [0.25, 0.3) is 0 Å². The number of aromatic nitrogens is 3. The van der Waals surface area contributed by atoms with Crippen LogP contribution in [0.4, 0.5) is 4.39 Å². The average molecular weight is 278 g/mol. The minimum Gasteiger partial charge on any atom is -0.239 e. The summed E-state index contributed by atoms with van der Waals surface area (Å²) in [7, 11) is 0. The first-order valence-electron chi connectivity index (χ1n) is 6.42. The molecule has 3 rings (SSSR count). The van der Waals surface area contributed by atoms with Crippen LogP contribution in [0.2, 0.25) is 0 Å². The van der Waals surface area contributed by atoms with Crippen LogP contribution in [0.25, 0.3) is 11.3 Å². The lowest BCUT2D eigenvalue weighted by molar-refractivity contribution is 0.621. The Morgan fingerprint density at radius 3 is 2.48 bits per heavy atom. The molecule has 1 heterocycles. The summed E-state index contributed by atoms with van der Waals surface area (Å²) < 4.78 is 15.6. The highest BCUT2D eigenvalue weighted by atomic mass is 19.1. The number of hydrogen-bond acceptors (Lipinski definition) is 3. The van der Waals surface area contributed by atoms with Crippen molar-refractivity contribution in [2.24, 2.45) is 0 Å². The number of nitriles is 1. The molecule has 0 aliphatic carbocycles. The van der Waals surface area contributed by atoms with Crippen LogP contribution in [0, 0.1) is 17.1 Å². The van der Waals surface area contributed by atoms with E-state index < -0.39 is 5.82 Å². The topological polar surface area (TPSA) is 54.5 Å². The van der Waals surface area contributed by atoms with Crippen molar-refractivity contribution in [3.8, 4) is 17.3 Å². The SMILES string of the molecule is N#Cc1nnn(Cc2ccccc2)c1-c1ccccc1F. The molecule has 102 valence electrons.